The minimum atomic E-state index is -0.621. The number of halogens is 1. The molecular formula is C31H33FN10O3. The molecule has 0 unspecified atom stereocenters. The molecule has 2 bridgehead atoms. The van der Waals surface area contributed by atoms with E-state index in [2.05, 4.69) is 37.2 Å². The number of aromatic nitrogens is 7. The third-order valence-corrected chi connectivity index (χ3v) is 8.96. The summed E-state index contributed by atoms with van der Waals surface area (Å²) < 4.78 is 22.7. The maximum atomic E-state index is 13.7. The van der Waals surface area contributed by atoms with Crippen LogP contribution in [-0.4, -0.2) is 70.7 Å². The van der Waals surface area contributed by atoms with Crippen LogP contribution in [0.1, 0.15) is 36.7 Å². The molecular weight excluding hydrogens is 579 g/mol. The van der Waals surface area contributed by atoms with Crippen LogP contribution in [0.3, 0.4) is 0 Å². The van der Waals surface area contributed by atoms with Crippen molar-refractivity contribution in [3.05, 3.63) is 82.8 Å². The van der Waals surface area contributed by atoms with Gasteiger partial charge in [0, 0.05) is 18.7 Å². The zero-order valence-corrected chi connectivity index (χ0v) is 24.8. The summed E-state index contributed by atoms with van der Waals surface area (Å²) in [5.74, 6) is 1.53. The number of hydrogen-bond donors (Lipinski definition) is 3. The normalized spacial score (nSPS) is 19.9. The van der Waals surface area contributed by atoms with E-state index in [0.717, 1.165) is 38.9 Å². The number of hydrogen-bond acceptors (Lipinski definition) is 11. The fourth-order valence-electron chi connectivity index (χ4n) is 6.28. The molecule has 14 heteroatoms. The molecule has 3 fully saturated rings. The highest BCUT2D eigenvalue weighted by Crippen LogP contribution is 2.42. The van der Waals surface area contributed by atoms with Gasteiger partial charge >= 0.3 is 0 Å². The van der Waals surface area contributed by atoms with E-state index >= 15 is 0 Å². The van der Waals surface area contributed by atoms with Crippen molar-refractivity contribution in [2.24, 2.45) is 7.05 Å². The molecule has 3 aliphatic rings. The van der Waals surface area contributed by atoms with Crippen LogP contribution in [-0.2, 0) is 19.0 Å². The summed E-state index contributed by atoms with van der Waals surface area (Å²) in [5, 5.41) is 21.6. The number of nitrogens with one attached hydrogen (secondary N) is 2. The van der Waals surface area contributed by atoms with Crippen LogP contribution in [0.4, 0.5) is 22.0 Å². The van der Waals surface area contributed by atoms with Crippen molar-refractivity contribution in [1.82, 2.24) is 39.4 Å². The zero-order valence-electron chi connectivity index (χ0n) is 24.8. The Bertz CT molecular complexity index is 1910. The maximum absolute atomic E-state index is 13.7. The molecule has 0 saturated carbocycles. The van der Waals surface area contributed by atoms with Gasteiger partial charge in [0.15, 0.2) is 11.5 Å². The molecule has 3 aliphatic heterocycles. The molecule has 0 spiro atoms. The van der Waals surface area contributed by atoms with Gasteiger partial charge in [-0.1, -0.05) is 23.4 Å². The van der Waals surface area contributed by atoms with Crippen molar-refractivity contribution in [1.29, 1.82) is 0 Å². The van der Waals surface area contributed by atoms with Crippen LogP contribution in [0.2, 0.25) is 0 Å². The molecule has 5 aromatic rings. The van der Waals surface area contributed by atoms with Crippen LogP contribution in [0.15, 0.2) is 64.6 Å². The minimum Gasteiger partial charge on any atom is -0.394 e. The summed E-state index contributed by atoms with van der Waals surface area (Å²) in [4.78, 5) is 33.9. The van der Waals surface area contributed by atoms with Gasteiger partial charge in [-0.25, -0.2) is 19.0 Å². The monoisotopic (exact) mass is 612 g/mol. The number of rotatable bonds is 10. The molecule has 0 amide bonds. The van der Waals surface area contributed by atoms with Crippen molar-refractivity contribution in [3.8, 4) is 11.5 Å². The Morgan fingerprint density at radius 2 is 1.87 bits per heavy atom. The third-order valence-electron chi connectivity index (χ3n) is 8.96. The molecule has 232 valence electrons. The molecule has 3 saturated heterocycles. The lowest BCUT2D eigenvalue weighted by Gasteiger charge is -2.46. The fraction of sp³-hybridized carbons (Fsp3) is 0.355. The lowest BCUT2D eigenvalue weighted by atomic mass is 9.71. The number of aliphatic hydroxyl groups is 1. The summed E-state index contributed by atoms with van der Waals surface area (Å²) in [5.41, 5.74) is 1.34. The van der Waals surface area contributed by atoms with Crippen LogP contribution < -0.4 is 16.2 Å². The van der Waals surface area contributed by atoms with E-state index in [1.807, 2.05) is 0 Å². The Hall–Kier alpha value is -4.95. The van der Waals surface area contributed by atoms with Crippen LogP contribution in [0.5, 0.6) is 0 Å². The van der Waals surface area contributed by atoms with Gasteiger partial charge in [0.2, 0.25) is 5.95 Å². The zero-order chi connectivity index (χ0) is 31.1. The van der Waals surface area contributed by atoms with Crippen molar-refractivity contribution in [2.75, 3.05) is 36.9 Å². The Morgan fingerprint density at radius 3 is 2.58 bits per heavy atom. The van der Waals surface area contributed by atoms with E-state index in [0.29, 0.717) is 46.2 Å². The van der Waals surface area contributed by atoms with Gasteiger partial charge < -0.3 is 25.2 Å². The quantitative estimate of drug-likeness (QED) is 0.199. The van der Waals surface area contributed by atoms with Gasteiger partial charge in [0.1, 0.15) is 23.0 Å². The molecule has 13 nitrogen and oxygen atoms in total. The highest BCUT2D eigenvalue weighted by molar-refractivity contribution is 5.77. The smallest absolute Gasteiger partial charge is 0.276 e. The summed E-state index contributed by atoms with van der Waals surface area (Å²) in [7, 11) is 1.76. The summed E-state index contributed by atoms with van der Waals surface area (Å²) >= 11 is 0. The van der Waals surface area contributed by atoms with E-state index in [1.54, 1.807) is 52.9 Å². The number of nitrogens with zero attached hydrogens (tertiary/aromatic N) is 8. The number of pyridine rings is 1. The molecule has 1 aromatic carbocycles. The first kappa shape index (κ1) is 28.8. The van der Waals surface area contributed by atoms with Gasteiger partial charge in [0.25, 0.3) is 11.4 Å². The molecule has 3 N–H and O–H groups in total. The number of benzene rings is 1. The molecule has 0 radical (unpaired) electrons. The van der Waals surface area contributed by atoms with Crippen molar-refractivity contribution >= 4 is 28.6 Å². The van der Waals surface area contributed by atoms with Crippen molar-refractivity contribution in [3.63, 3.8) is 0 Å². The second-order valence-corrected chi connectivity index (χ2v) is 11.6. The van der Waals surface area contributed by atoms with Gasteiger partial charge in [-0.3, -0.25) is 9.48 Å². The van der Waals surface area contributed by atoms with E-state index in [4.69, 9.17) is 14.5 Å². The first-order chi connectivity index (χ1) is 21.9. The predicted octanol–water partition coefficient (Wildman–Crippen LogP) is 3.53. The molecule has 1 atom stereocenters. The molecule has 7 heterocycles. The fourth-order valence-corrected chi connectivity index (χ4v) is 6.28. The lowest BCUT2D eigenvalue weighted by Crippen LogP contribution is -2.51. The molecule has 4 aromatic heterocycles. The maximum Gasteiger partial charge on any atom is 0.276 e. The van der Waals surface area contributed by atoms with Gasteiger partial charge in [-0.15, -0.1) is 6.58 Å². The van der Waals surface area contributed by atoms with Crippen molar-refractivity contribution < 1.29 is 14.0 Å². The van der Waals surface area contributed by atoms with E-state index < -0.39 is 6.04 Å². The van der Waals surface area contributed by atoms with Gasteiger partial charge in [-0.05, 0) is 68.7 Å². The average molecular weight is 613 g/mol. The molecule has 0 aliphatic carbocycles. The highest BCUT2D eigenvalue weighted by Gasteiger charge is 2.44. The largest absolute Gasteiger partial charge is 0.394 e. The van der Waals surface area contributed by atoms with Crippen molar-refractivity contribution in [2.45, 2.75) is 37.3 Å². The Kier molecular flexibility index (Phi) is 7.37. The topological polar surface area (TPSA) is 152 Å². The lowest BCUT2D eigenvalue weighted by molar-refractivity contribution is 0.0747. The number of aliphatic hydroxyl groups excluding tert-OH is 1. The first-order valence-electron chi connectivity index (χ1n) is 14.9. The Balaban J connectivity index is 1.24. The predicted molar refractivity (Wildman–Crippen MR) is 166 cm³/mol. The van der Waals surface area contributed by atoms with Gasteiger partial charge in [0.05, 0.1) is 24.6 Å². The van der Waals surface area contributed by atoms with E-state index in [1.165, 1.54) is 12.1 Å². The summed E-state index contributed by atoms with van der Waals surface area (Å²) in [6.07, 6.45) is 6.16. The number of piperidine rings is 3. The second kappa shape index (κ2) is 11.5. The standard InChI is InChI=1S/C31H33FN10O3/c1-3-13-42-28(44)21-8-9-24(35-26(21)40(42)2)36-30-33-17-22(25(37-30)34-23(18-43)19-4-6-20(32)7-5-19)27-38-29(39-45-27)31-10-14-41(15-11-31)16-12-31/h3-9,17,23,43H,1,10-16,18H2,2H3,(H2,33,34,35,36,37)/t23-/m1/s1. The number of fused-ring (bicyclic) bond motifs is 4. The van der Waals surface area contributed by atoms with E-state index in [9.17, 15) is 14.3 Å². The number of aryl methyl sites for hydroxylation is 1. The van der Waals surface area contributed by atoms with Crippen LogP contribution in [0.25, 0.3) is 22.5 Å². The highest BCUT2D eigenvalue weighted by atomic mass is 19.1. The van der Waals surface area contributed by atoms with Crippen LogP contribution >= 0.6 is 0 Å². The number of allylic oxidation sites excluding steroid dienone is 1. The first-order valence-corrected chi connectivity index (χ1v) is 14.9. The number of anilines is 3. The van der Waals surface area contributed by atoms with Crippen LogP contribution in [0, 0.1) is 5.82 Å². The Labute approximate surface area is 257 Å². The van der Waals surface area contributed by atoms with Gasteiger partial charge in [-0.2, -0.15) is 9.97 Å². The average Bonchev–Trinajstić information content (AvgIpc) is 3.66. The summed E-state index contributed by atoms with van der Waals surface area (Å²) in [6, 6.07) is 8.64. The second-order valence-electron chi connectivity index (χ2n) is 11.6. The van der Waals surface area contributed by atoms with E-state index in [-0.39, 0.29) is 35.2 Å². The Morgan fingerprint density at radius 1 is 1.11 bits per heavy atom. The minimum absolute atomic E-state index is 0.108. The molecule has 45 heavy (non-hydrogen) atoms. The SMILES string of the molecule is C=CCn1c(=O)c2ccc(Nc3ncc(-c4nc(C56CCN(CC5)CC6)no4)c(N[C@H](CO)c4ccc(F)cc4)n3)nc2n1C. The molecule has 8 rings (SSSR count). The third kappa shape index (κ3) is 5.25. The summed E-state index contributed by atoms with van der Waals surface area (Å²) in [6.45, 7) is 6.84.